The molecule has 5 heteroatoms. The molecule has 2 rings (SSSR count). The number of hydrogen-bond donors (Lipinski definition) is 3. The largest absolute Gasteiger partial charge is 0.384 e. The van der Waals surface area contributed by atoms with E-state index in [1.807, 2.05) is 6.92 Å². The van der Waals surface area contributed by atoms with E-state index in [9.17, 15) is 4.79 Å². The third kappa shape index (κ3) is 5.41. The Morgan fingerprint density at radius 3 is 2.68 bits per heavy atom. The van der Waals surface area contributed by atoms with Gasteiger partial charge in [0, 0.05) is 19.4 Å². The molecule has 22 heavy (non-hydrogen) atoms. The highest BCUT2D eigenvalue weighted by Crippen LogP contribution is 2.52. The summed E-state index contributed by atoms with van der Waals surface area (Å²) in [6.45, 7) is 5.35. The van der Waals surface area contributed by atoms with E-state index in [0.717, 1.165) is 50.0 Å². The van der Waals surface area contributed by atoms with Gasteiger partial charge in [0.15, 0.2) is 0 Å². The van der Waals surface area contributed by atoms with Crippen LogP contribution >= 0.6 is 22.6 Å². The average Bonchev–Trinajstić information content (AvgIpc) is 3.04. The molecule has 4 unspecified atom stereocenters. The van der Waals surface area contributed by atoms with E-state index >= 15 is 0 Å². The summed E-state index contributed by atoms with van der Waals surface area (Å²) in [7, 11) is 0. The van der Waals surface area contributed by atoms with Gasteiger partial charge in [-0.15, -0.1) is 0 Å². The molecule has 0 aromatic rings. The van der Waals surface area contributed by atoms with Crippen molar-refractivity contribution in [3.05, 3.63) is 11.4 Å². The van der Waals surface area contributed by atoms with E-state index in [0.29, 0.717) is 6.42 Å². The lowest BCUT2D eigenvalue weighted by Gasteiger charge is -2.15. The van der Waals surface area contributed by atoms with Crippen molar-refractivity contribution in [1.29, 1.82) is 0 Å². The van der Waals surface area contributed by atoms with E-state index in [1.54, 1.807) is 0 Å². The fourth-order valence-corrected chi connectivity index (χ4v) is 4.07. The first-order valence-electron chi connectivity index (χ1n) is 8.70. The van der Waals surface area contributed by atoms with E-state index < -0.39 is 0 Å². The molecule has 0 aliphatic heterocycles. The second kappa shape index (κ2) is 8.52. The lowest BCUT2D eigenvalue weighted by molar-refractivity contribution is -0.309. The molecule has 0 aromatic carbocycles. The number of unbranched alkanes of at least 4 members (excludes halogenated alkanes) is 1. The zero-order chi connectivity index (χ0) is 16.1. The molecule has 0 radical (unpaired) electrons. The molecule has 0 heterocycles. The van der Waals surface area contributed by atoms with Gasteiger partial charge in [-0.1, -0.05) is 29.5 Å². The van der Waals surface area contributed by atoms with Gasteiger partial charge in [0.1, 0.15) is 5.70 Å². The lowest BCUT2D eigenvalue weighted by Crippen LogP contribution is -2.50. The van der Waals surface area contributed by atoms with Crippen LogP contribution in [0.25, 0.3) is 0 Å². The van der Waals surface area contributed by atoms with Crippen molar-refractivity contribution in [3.8, 4) is 0 Å². The van der Waals surface area contributed by atoms with Crippen LogP contribution < -0.4 is 16.4 Å². The predicted molar refractivity (Wildman–Crippen MR) is 98.0 cm³/mol. The van der Waals surface area contributed by atoms with Crippen LogP contribution in [0.1, 0.15) is 58.8 Å². The van der Waals surface area contributed by atoms with Crippen LogP contribution in [0.15, 0.2) is 11.4 Å². The maximum atomic E-state index is 11.6. The first-order valence-corrected chi connectivity index (χ1v) is 9.95. The average molecular weight is 420 g/mol. The molecular formula is C17H31IN3O+. The second-order valence-corrected chi connectivity index (χ2v) is 8.78. The minimum absolute atomic E-state index is 0.165. The van der Waals surface area contributed by atoms with Crippen LogP contribution in [0.3, 0.4) is 0 Å². The summed E-state index contributed by atoms with van der Waals surface area (Å²) in [5, 5.41) is 6.52. The molecule has 5 N–H and O–H groups in total. The minimum atomic E-state index is 0.165. The molecule has 2 aliphatic rings. The van der Waals surface area contributed by atoms with Crippen molar-refractivity contribution in [1.82, 2.24) is 10.6 Å². The molecule has 1 fully saturated rings. The first-order chi connectivity index (χ1) is 10.5. The molecule has 1 saturated carbocycles. The van der Waals surface area contributed by atoms with Gasteiger partial charge in [0.25, 0.3) is 0 Å². The smallest absolute Gasteiger partial charge is 0.220 e. The summed E-state index contributed by atoms with van der Waals surface area (Å²) < 4.78 is 0.214. The topological polar surface area (TPSA) is 68.8 Å². The van der Waals surface area contributed by atoms with Crippen LogP contribution in [0.4, 0.5) is 0 Å². The van der Waals surface area contributed by atoms with Gasteiger partial charge in [-0.2, -0.15) is 0 Å². The van der Waals surface area contributed by atoms with E-state index in [-0.39, 0.29) is 9.96 Å². The molecule has 1 amide bonds. The number of amides is 1. The summed E-state index contributed by atoms with van der Waals surface area (Å²) in [5.74, 6) is 3.03. The van der Waals surface area contributed by atoms with Crippen LogP contribution in [0, 0.1) is 17.8 Å². The van der Waals surface area contributed by atoms with Crippen LogP contribution in [-0.2, 0) is 4.79 Å². The quantitative estimate of drug-likeness (QED) is 0.257. The van der Waals surface area contributed by atoms with Crippen molar-refractivity contribution in [2.75, 3.05) is 6.54 Å². The summed E-state index contributed by atoms with van der Waals surface area (Å²) in [6.07, 6.45) is 7.59. The van der Waals surface area contributed by atoms with Gasteiger partial charge in [-0.05, 0) is 56.8 Å². The Hall–Kier alpha value is -0.300. The number of nitrogens with one attached hydrogen (secondary N) is 2. The number of halogens is 1. The number of carbonyl (C=O) groups is 1. The summed E-state index contributed by atoms with van der Waals surface area (Å²) in [6, 6.07) is 0. The molecule has 4 atom stereocenters. The van der Waals surface area contributed by atoms with Crippen molar-refractivity contribution < 1.29 is 10.5 Å². The Balaban J connectivity index is 1.63. The number of carbonyl (C=O) groups excluding carboxylic acids is 1. The number of alkyl halides is 1. The van der Waals surface area contributed by atoms with Gasteiger partial charge in [0.2, 0.25) is 5.91 Å². The Kier molecular flexibility index (Phi) is 6.99. The van der Waals surface area contributed by atoms with Crippen molar-refractivity contribution in [2.45, 2.75) is 62.8 Å². The highest BCUT2D eigenvalue weighted by atomic mass is 127. The lowest BCUT2D eigenvalue weighted by atomic mass is 10.0. The Morgan fingerprint density at radius 2 is 2.00 bits per heavy atom. The molecule has 2 aliphatic carbocycles. The van der Waals surface area contributed by atoms with E-state index in [4.69, 9.17) is 0 Å². The number of allylic oxidation sites excluding steroid dienone is 2. The van der Waals surface area contributed by atoms with Crippen LogP contribution in [0.2, 0.25) is 0 Å². The highest BCUT2D eigenvalue weighted by molar-refractivity contribution is 14.1. The SMILES string of the molecule is CC(I)NC(=O)CCCCNC1=C([NH3+])CCC2C(C)C2CC1. The van der Waals surface area contributed by atoms with Gasteiger partial charge in [0.05, 0.1) is 9.75 Å². The Morgan fingerprint density at radius 1 is 1.32 bits per heavy atom. The highest BCUT2D eigenvalue weighted by Gasteiger charge is 2.46. The molecule has 0 bridgehead atoms. The van der Waals surface area contributed by atoms with Crippen LogP contribution in [0.5, 0.6) is 0 Å². The Bertz CT molecular complexity index is 422. The molecule has 4 nitrogen and oxygen atoms in total. The summed E-state index contributed by atoms with van der Waals surface area (Å²) in [4.78, 5) is 11.6. The minimum Gasteiger partial charge on any atom is -0.384 e. The predicted octanol–water partition coefficient (Wildman–Crippen LogP) is 2.55. The van der Waals surface area contributed by atoms with E-state index in [2.05, 4.69) is 45.9 Å². The van der Waals surface area contributed by atoms with E-state index in [1.165, 1.54) is 24.2 Å². The molecule has 0 aromatic heterocycles. The number of fused-ring (bicyclic) bond motifs is 1. The monoisotopic (exact) mass is 420 g/mol. The molecule has 0 saturated heterocycles. The standard InChI is InChI=1S/C17H30IN3O/c1-11-13-6-8-15(19)16(9-7-14(11)13)20-10-4-3-5-17(22)21-12(2)18/h11-14,20H,3-10,19H2,1-2H3,(H,21,22)/p+1. The van der Waals surface area contributed by atoms with Crippen LogP contribution in [-0.4, -0.2) is 16.5 Å². The zero-order valence-electron chi connectivity index (χ0n) is 14.0. The van der Waals surface area contributed by atoms with Crippen molar-refractivity contribution >= 4 is 28.5 Å². The summed E-state index contributed by atoms with van der Waals surface area (Å²) >= 11 is 2.21. The van der Waals surface area contributed by atoms with Gasteiger partial charge < -0.3 is 16.4 Å². The van der Waals surface area contributed by atoms with Gasteiger partial charge in [-0.25, -0.2) is 0 Å². The first kappa shape index (κ1) is 18.0. The number of rotatable bonds is 7. The molecule has 126 valence electrons. The second-order valence-electron chi connectivity index (χ2n) is 6.91. The molecular weight excluding hydrogens is 389 g/mol. The fourth-order valence-electron chi connectivity index (χ4n) is 3.73. The number of hydrogen-bond acceptors (Lipinski definition) is 2. The van der Waals surface area contributed by atoms with Gasteiger partial charge >= 0.3 is 0 Å². The Labute approximate surface area is 148 Å². The normalized spacial score (nSPS) is 29.2. The van der Waals surface area contributed by atoms with Gasteiger partial charge in [-0.3, -0.25) is 4.79 Å². The summed E-state index contributed by atoms with van der Waals surface area (Å²) in [5.41, 5.74) is 6.96. The maximum absolute atomic E-state index is 11.6. The third-order valence-corrected chi connectivity index (χ3v) is 5.53. The zero-order valence-corrected chi connectivity index (χ0v) is 16.1. The number of quaternary nitrogens is 1. The maximum Gasteiger partial charge on any atom is 0.220 e. The fraction of sp³-hybridized carbons (Fsp3) is 0.824. The molecule has 0 spiro atoms. The van der Waals surface area contributed by atoms with Crippen molar-refractivity contribution in [3.63, 3.8) is 0 Å². The third-order valence-electron chi connectivity index (χ3n) is 5.22. The van der Waals surface area contributed by atoms with Crippen molar-refractivity contribution in [2.24, 2.45) is 17.8 Å².